The van der Waals surface area contributed by atoms with Crippen LogP contribution in [0.25, 0.3) is 10.9 Å². The quantitative estimate of drug-likeness (QED) is 0.0982. The number of carboxylic acid groups (broad SMARTS) is 3. The Balaban J connectivity index is 1.82. The Labute approximate surface area is 256 Å². The number of aromatic nitrogens is 1. The summed E-state index contributed by atoms with van der Waals surface area (Å²) in [6.45, 7) is 0. The van der Waals surface area contributed by atoms with Crippen LogP contribution in [0.5, 0.6) is 5.75 Å². The standard InChI is InChI=1S/C30H35N5O10/c31-20(9-11-25(37)38)27(41)33-22(10-12-26(39)40)28(42)34-23(13-16-5-7-18(36)8-6-16)29(43)35-24(30(44)45)14-17-15-32-21-4-2-1-3-19(17)21/h1-8,15,20,22-24,32,36H,9-14,31H2,(H,33,41)(H,34,42)(H,35,43)(H,37,38)(H,39,40)(H,44,45). The summed E-state index contributed by atoms with van der Waals surface area (Å²) in [4.78, 5) is 76.8. The fraction of sp³-hybridized carbons (Fsp3) is 0.333. The lowest BCUT2D eigenvalue weighted by atomic mass is 10.0. The summed E-state index contributed by atoms with van der Waals surface area (Å²) in [6.07, 6.45) is -0.190. The largest absolute Gasteiger partial charge is 0.508 e. The van der Waals surface area contributed by atoms with E-state index in [0.717, 1.165) is 10.9 Å². The van der Waals surface area contributed by atoms with Crippen molar-refractivity contribution < 1.29 is 49.2 Å². The summed E-state index contributed by atoms with van der Waals surface area (Å²) in [5.74, 6) is -6.55. The van der Waals surface area contributed by atoms with Crippen LogP contribution in [0.3, 0.4) is 0 Å². The number of carboxylic acids is 3. The molecule has 10 N–H and O–H groups in total. The van der Waals surface area contributed by atoms with Gasteiger partial charge in [-0.05, 0) is 42.2 Å². The SMILES string of the molecule is NC(CCC(=O)O)C(=O)NC(CCC(=O)O)C(=O)NC(Cc1ccc(O)cc1)C(=O)NC(Cc1c[nH]c2ccccc12)C(=O)O. The van der Waals surface area contributed by atoms with Crippen LogP contribution in [0.1, 0.15) is 36.8 Å². The molecule has 3 rings (SSSR count). The van der Waals surface area contributed by atoms with E-state index in [4.69, 9.17) is 15.9 Å². The third-order valence-electron chi connectivity index (χ3n) is 7.01. The van der Waals surface area contributed by atoms with Crippen molar-refractivity contribution >= 4 is 46.5 Å². The average Bonchev–Trinajstić information content (AvgIpc) is 3.40. The van der Waals surface area contributed by atoms with E-state index in [1.807, 2.05) is 12.1 Å². The number of benzene rings is 2. The smallest absolute Gasteiger partial charge is 0.326 e. The molecule has 1 aromatic heterocycles. The maximum absolute atomic E-state index is 13.5. The highest BCUT2D eigenvalue weighted by molar-refractivity contribution is 5.95. The number of carbonyl (C=O) groups excluding carboxylic acids is 3. The van der Waals surface area contributed by atoms with Gasteiger partial charge in [-0.25, -0.2) is 4.79 Å². The molecule has 4 atom stereocenters. The van der Waals surface area contributed by atoms with E-state index in [2.05, 4.69) is 20.9 Å². The molecule has 15 nitrogen and oxygen atoms in total. The van der Waals surface area contributed by atoms with Gasteiger partial charge in [0, 0.05) is 42.8 Å². The second-order valence-electron chi connectivity index (χ2n) is 10.4. The molecule has 2 aromatic carbocycles. The summed E-state index contributed by atoms with van der Waals surface area (Å²) in [5, 5.41) is 45.6. The van der Waals surface area contributed by atoms with Crippen molar-refractivity contribution in [2.45, 2.75) is 62.7 Å². The first-order valence-corrected chi connectivity index (χ1v) is 14.0. The lowest BCUT2D eigenvalue weighted by molar-refractivity contribution is -0.142. The zero-order chi connectivity index (χ0) is 33.1. The van der Waals surface area contributed by atoms with Crippen LogP contribution >= 0.6 is 0 Å². The highest BCUT2D eigenvalue weighted by Crippen LogP contribution is 2.19. The number of H-pyrrole nitrogens is 1. The van der Waals surface area contributed by atoms with E-state index in [-0.39, 0.29) is 31.4 Å². The molecular formula is C30H35N5O10. The number of aromatic amines is 1. The maximum Gasteiger partial charge on any atom is 0.326 e. The predicted molar refractivity (Wildman–Crippen MR) is 159 cm³/mol. The number of para-hydroxylation sites is 1. The van der Waals surface area contributed by atoms with Gasteiger partial charge in [0.05, 0.1) is 6.04 Å². The fourth-order valence-corrected chi connectivity index (χ4v) is 4.57. The number of hydrogen-bond donors (Lipinski definition) is 9. The number of aliphatic carboxylic acids is 3. The number of carbonyl (C=O) groups is 6. The van der Waals surface area contributed by atoms with Gasteiger partial charge in [-0.1, -0.05) is 30.3 Å². The van der Waals surface area contributed by atoms with Gasteiger partial charge in [-0.15, -0.1) is 0 Å². The molecule has 3 aromatic rings. The first-order chi connectivity index (χ1) is 21.3. The van der Waals surface area contributed by atoms with Crippen molar-refractivity contribution in [3.63, 3.8) is 0 Å². The summed E-state index contributed by atoms with van der Waals surface area (Å²) in [7, 11) is 0. The molecule has 0 aliphatic heterocycles. The van der Waals surface area contributed by atoms with Gasteiger partial charge < -0.3 is 47.1 Å². The van der Waals surface area contributed by atoms with E-state index in [1.54, 1.807) is 18.3 Å². The number of fused-ring (bicyclic) bond motifs is 1. The Morgan fingerprint density at radius 2 is 1.29 bits per heavy atom. The van der Waals surface area contributed by atoms with E-state index in [1.165, 1.54) is 24.3 Å². The number of rotatable bonds is 17. The topological polar surface area (TPSA) is 261 Å². The molecule has 0 radical (unpaired) electrons. The van der Waals surface area contributed by atoms with Crippen LogP contribution < -0.4 is 21.7 Å². The molecule has 0 aliphatic carbocycles. The van der Waals surface area contributed by atoms with Crippen molar-refractivity contribution in [2.75, 3.05) is 0 Å². The number of phenols is 1. The Bertz CT molecular complexity index is 1540. The van der Waals surface area contributed by atoms with Crippen LogP contribution in [0, 0.1) is 0 Å². The number of nitrogens with one attached hydrogen (secondary N) is 4. The molecule has 1 heterocycles. The fourth-order valence-electron chi connectivity index (χ4n) is 4.57. The molecule has 15 heteroatoms. The number of aromatic hydroxyl groups is 1. The van der Waals surface area contributed by atoms with Gasteiger partial charge >= 0.3 is 17.9 Å². The molecule has 0 spiro atoms. The first kappa shape index (κ1) is 34.1. The molecule has 4 unspecified atom stereocenters. The zero-order valence-corrected chi connectivity index (χ0v) is 24.1. The number of phenolic OH excluding ortho intramolecular Hbond substituents is 1. The van der Waals surface area contributed by atoms with Crippen molar-refractivity contribution in [3.8, 4) is 5.75 Å². The van der Waals surface area contributed by atoms with Gasteiger partial charge in [0.2, 0.25) is 17.7 Å². The second-order valence-corrected chi connectivity index (χ2v) is 10.4. The second kappa shape index (κ2) is 15.9. The molecule has 0 saturated carbocycles. The molecule has 0 saturated heterocycles. The molecular weight excluding hydrogens is 590 g/mol. The van der Waals surface area contributed by atoms with Crippen molar-refractivity contribution in [3.05, 3.63) is 65.9 Å². The van der Waals surface area contributed by atoms with Crippen molar-refractivity contribution in [1.82, 2.24) is 20.9 Å². The molecule has 0 fully saturated rings. The van der Waals surface area contributed by atoms with Crippen LogP contribution in [-0.4, -0.2) is 85.2 Å². The van der Waals surface area contributed by atoms with E-state index in [0.29, 0.717) is 11.1 Å². The summed E-state index contributed by atoms with van der Waals surface area (Å²) >= 11 is 0. The Morgan fingerprint density at radius 3 is 1.93 bits per heavy atom. The summed E-state index contributed by atoms with van der Waals surface area (Å²) in [6, 6.07) is 7.35. The highest BCUT2D eigenvalue weighted by Gasteiger charge is 2.31. The van der Waals surface area contributed by atoms with E-state index in [9.17, 15) is 39.0 Å². The summed E-state index contributed by atoms with van der Waals surface area (Å²) < 4.78 is 0. The minimum Gasteiger partial charge on any atom is -0.508 e. The minimum atomic E-state index is -1.47. The lowest BCUT2D eigenvalue weighted by Gasteiger charge is -2.25. The van der Waals surface area contributed by atoms with Crippen LogP contribution in [0.4, 0.5) is 0 Å². The van der Waals surface area contributed by atoms with Gasteiger partial charge in [0.1, 0.15) is 23.9 Å². The van der Waals surface area contributed by atoms with E-state index >= 15 is 0 Å². The van der Waals surface area contributed by atoms with Crippen molar-refractivity contribution in [2.24, 2.45) is 5.73 Å². The highest BCUT2D eigenvalue weighted by atomic mass is 16.4. The van der Waals surface area contributed by atoms with E-state index < -0.39 is 72.6 Å². The van der Waals surface area contributed by atoms with Crippen LogP contribution in [-0.2, 0) is 41.6 Å². The number of nitrogens with two attached hydrogens (primary N) is 1. The third kappa shape index (κ3) is 10.4. The van der Waals surface area contributed by atoms with Crippen LogP contribution in [0.2, 0.25) is 0 Å². The summed E-state index contributed by atoms with van der Waals surface area (Å²) in [5.41, 5.74) is 7.63. The molecule has 240 valence electrons. The molecule has 0 bridgehead atoms. The van der Waals surface area contributed by atoms with Crippen LogP contribution in [0.15, 0.2) is 54.7 Å². The first-order valence-electron chi connectivity index (χ1n) is 14.0. The minimum absolute atomic E-state index is 0.0517. The number of hydrogen-bond acceptors (Lipinski definition) is 8. The molecule has 0 aliphatic rings. The normalized spacial score (nSPS) is 13.6. The Morgan fingerprint density at radius 1 is 0.711 bits per heavy atom. The molecule has 45 heavy (non-hydrogen) atoms. The van der Waals surface area contributed by atoms with Gasteiger partial charge in [-0.3, -0.25) is 24.0 Å². The maximum atomic E-state index is 13.5. The monoisotopic (exact) mass is 625 g/mol. The van der Waals surface area contributed by atoms with Crippen molar-refractivity contribution in [1.29, 1.82) is 0 Å². The van der Waals surface area contributed by atoms with Gasteiger partial charge in [-0.2, -0.15) is 0 Å². The molecule has 3 amide bonds. The lowest BCUT2D eigenvalue weighted by Crippen LogP contribution is -2.58. The zero-order valence-electron chi connectivity index (χ0n) is 24.1. The predicted octanol–water partition coefficient (Wildman–Crippen LogP) is 0.255. The Kier molecular flexibility index (Phi) is 12.0. The van der Waals surface area contributed by atoms with Gasteiger partial charge in [0.15, 0.2) is 0 Å². The number of amides is 3. The van der Waals surface area contributed by atoms with Gasteiger partial charge in [0.25, 0.3) is 0 Å². The average molecular weight is 626 g/mol. The third-order valence-corrected chi connectivity index (χ3v) is 7.01. The Hall–Kier alpha value is -5.44.